The van der Waals surface area contributed by atoms with Crippen LogP contribution in [0.15, 0.2) is 45.1 Å². The first-order chi connectivity index (χ1) is 15.4. The molecule has 3 N–H and O–H groups in total. The number of thioether (sulfide) groups is 1. The Morgan fingerprint density at radius 2 is 1.94 bits per heavy atom. The molecule has 0 aliphatic heterocycles. The van der Waals surface area contributed by atoms with Gasteiger partial charge in [0.15, 0.2) is 5.16 Å². The van der Waals surface area contributed by atoms with Crippen molar-refractivity contribution in [3.8, 4) is 5.69 Å². The van der Waals surface area contributed by atoms with Crippen molar-refractivity contribution < 1.29 is 4.79 Å². The van der Waals surface area contributed by atoms with Gasteiger partial charge in [-0.15, -0.1) is 20.4 Å². The van der Waals surface area contributed by atoms with Crippen LogP contribution in [-0.2, 0) is 11.2 Å². The van der Waals surface area contributed by atoms with Gasteiger partial charge < -0.3 is 4.98 Å². The van der Waals surface area contributed by atoms with Gasteiger partial charge in [0, 0.05) is 28.9 Å². The summed E-state index contributed by atoms with van der Waals surface area (Å²) >= 11 is 8.47. The van der Waals surface area contributed by atoms with Crippen molar-refractivity contribution in [3.05, 3.63) is 72.7 Å². The first-order valence-electron chi connectivity index (χ1n) is 9.13. The maximum Gasteiger partial charge on any atom is 0.325 e. The molecule has 0 bridgehead atoms. The molecule has 11 nitrogen and oxygen atoms in total. The summed E-state index contributed by atoms with van der Waals surface area (Å²) in [5.74, 6) is 0.264. The summed E-state index contributed by atoms with van der Waals surface area (Å²) in [7, 11) is 0. The smallest absolute Gasteiger partial charge is 0.311 e. The number of H-pyrrole nitrogens is 2. The maximum absolute atomic E-state index is 12.3. The SMILES string of the molecule is Cc1nnc(NC(=O)CSc2nnc(Cc3cc(=O)[nH]c(=O)[nH]3)n2-c2ccc(Cl)cc2)s1. The van der Waals surface area contributed by atoms with E-state index in [2.05, 4.69) is 35.7 Å². The number of rotatable bonds is 7. The maximum atomic E-state index is 12.3. The van der Waals surface area contributed by atoms with Gasteiger partial charge in [0.25, 0.3) is 5.56 Å². The van der Waals surface area contributed by atoms with Crippen LogP contribution in [-0.4, -0.2) is 46.6 Å². The van der Waals surface area contributed by atoms with Gasteiger partial charge in [0.05, 0.1) is 5.75 Å². The predicted octanol–water partition coefficient (Wildman–Crippen LogP) is 1.78. The number of aromatic amines is 2. The number of aryl methyl sites for hydroxylation is 1. The summed E-state index contributed by atoms with van der Waals surface area (Å²) in [5.41, 5.74) is -0.0331. The molecular weight excluding hydrogens is 476 g/mol. The van der Waals surface area contributed by atoms with Crippen molar-refractivity contribution in [2.45, 2.75) is 18.5 Å². The molecule has 0 unspecified atom stereocenters. The summed E-state index contributed by atoms with van der Waals surface area (Å²) in [6.45, 7) is 1.80. The number of hydrogen-bond acceptors (Lipinski definition) is 9. The highest BCUT2D eigenvalue weighted by Crippen LogP contribution is 2.24. The number of nitrogens with zero attached hydrogens (tertiary/aromatic N) is 5. The van der Waals surface area contributed by atoms with Crippen LogP contribution in [0.3, 0.4) is 0 Å². The molecule has 3 heterocycles. The van der Waals surface area contributed by atoms with Crippen molar-refractivity contribution >= 4 is 45.7 Å². The van der Waals surface area contributed by atoms with E-state index in [1.54, 1.807) is 35.8 Å². The fourth-order valence-electron chi connectivity index (χ4n) is 2.78. The predicted molar refractivity (Wildman–Crippen MR) is 121 cm³/mol. The minimum Gasteiger partial charge on any atom is -0.311 e. The van der Waals surface area contributed by atoms with Gasteiger partial charge in [-0.3, -0.25) is 24.5 Å². The molecule has 3 aromatic heterocycles. The molecular formula is C18H15ClN8O3S2. The molecule has 14 heteroatoms. The number of amides is 1. The van der Waals surface area contributed by atoms with Crippen LogP contribution in [0.25, 0.3) is 5.69 Å². The molecule has 0 fully saturated rings. The number of aromatic nitrogens is 7. The Morgan fingerprint density at radius 1 is 1.16 bits per heavy atom. The zero-order valence-corrected chi connectivity index (χ0v) is 18.8. The van der Waals surface area contributed by atoms with Crippen LogP contribution in [0.4, 0.5) is 5.13 Å². The van der Waals surface area contributed by atoms with Gasteiger partial charge in [-0.2, -0.15) is 0 Å². The van der Waals surface area contributed by atoms with Gasteiger partial charge in [-0.25, -0.2) is 4.79 Å². The highest BCUT2D eigenvalue weighted by Gasteiger charge is 2.17. The minimum atomic E-state index is -0.608. The monoisotopic (exact) mass is 490 g/mol. The molecule has 4 aromatic rings. The van der Waals surface area contributed by atoms with E-state index in [0.717, 1.165) is 5.01 Å². The van der Waals surface area contributed by atoms with Crippen LogP contribution in [0, 0.1) is 6.92 Å². The molecule has 0 saturated carbocycles. The molecule has 1 aromatic carbocycles. The van der Waals surface area contributed by atoms with Crippen LogP contribution in [0.5, 0.6) is 0 Å². The summed E-state index contributed by atoms with van der Waals surface area (Å²) in [6, 6.07) is 8.28. The fraction of sp³-hybridized carbons (Fsp3) is 0.167. The lowest BCUT2D eigenvalue weighted by Crippen LogP contribution is -2.23. The van der Waals surface area contributed by atoms with E-state index < -0.39 is 11.2 Å². The van der Waals surface area contributed by atoms with Crippen molar-refractivity contribution in [2.24, 2.45) is 0 Å². The van der Waals surface area contributed by atoms with Crippen molar-refractivity contribution in [3.63, 3.8) is 0 Å². The van der Waals surface area contributed by atoms with E-state index >= 15 is 0 Å². The Hall–Kier alpha value is -3.29. The zero-order chi connectivity index (χ0) is 22.7. The molecule has 0 saturated heterocycles. The number of carbonyl (C=O) groups excluding carboxylic acids is 1. The van der Waals surface area contributed by atoms with Gasteiger partial charge in [-0.1, -0.05) is 34.7 Å². The Bertz CT molecular complexity index is 1350. The second kappa shape index (κ2) is 9.46. The molecule has 0 spiro atoms. The first kappa shape index (κ1) is 21.9. The van der Waals surface area contributed by atoms with Gasteiger partial charge in [0.2, 0.25) is 11.0 Å². The Morgan fingerprint density at radius 3 is 2.62 bits per heavy atom. The van der Waals surface area contributed by atoms with Crippen molar-refractivity contribution in [1.29, 1.82) is 0 Å². The topological polar surface area (TPSA) is 151 Å². The lowest BCUT2D eigenvalue weighted by molar-refractivity contribution is -0.113. The summed E-state index contributed by atoms with van der Waals surface area (Å²) in [6.07, 6.45) is 0.144. The van der Waals surface area contributed by atoms with E-state index in [0.29, 0.717) is 32.5 Å². The number of anilines is 1. The Kier molecular flexibility index (Phi) is 6.48. The lowest BCUT2D eigenvalue weighted by Gasteiger charge is -2.10. The van der Waals surface area contributed by atoms with Crippen LogP contribution < -0.4 is 16.6 Å². The van der Waals surface area contributed by atoms with Crippen LogP contribution >= 0.6 is 34.7 Å². The number of carbonyl (C=O) groups is 1. The molecule has 0 aliphatic carbocycles. The number of benzene rings is 1. The molecule has 4 rings (SSSR count). The third-order valence-corrected chi connectivity index (χ3v) is 5.99. The van der Waals surface area contributed by atoms with E-state index in [9.17, 15) is 14.4 Å². The third kappa shape index (κ3) is 5.30. The second-order valence-electron chi connectivity index (χ2n) is 6.46. The van der Waals surface area contributed by atoms with Crippen molar-refractivity contribution in [2.75, 3.05) is 11.1 Å². The average Bonchev–Trinajstić information content (AvgIpc) is 3.32. The normalized spacial score (nSPS) is 10.9. The van der Waals surface area contributed by atoms with Crippen molar-refractivity contribution in [1.82, 2.24) is 34.9 Å². The highest BCUT2D eigenvalue weighted by atomic mass is 35.5. The number of nitrogens with one attached hydrogen (secondary N) is 3. The minimum absolute atomic E-state index is 0.0617. The Labute approximate surface area is 193 Å². The average molecular weight is 491 g/mol. The summed E-state index contributed by atoms with van der Waals surface area (Å²) in [4.78, 5) is 40.3. The molecule has 0 radical (unpaired) electrons. The second-order valence-corrected chi connectivity index (χ2v) is 9.02. The summed E-state index contributed by atoms with van der Waals surface area (Å²) < 4.78 is 1.74. The third-order valence-electron chi connectivity index (χ3n) is 4.05. The quantitative estimate of drug-likeness (QED) is 0.331. The lowest BCUT2D eigenvalue weighted by atomic mass is 10.2. The van der Waals surface area contributed by atoms with E-state index in [-0.39, 0.29) is 18.1 Å². The van der Waals surface area contributed by atoms with Crippen LogP contribution in [0.1, 0.15) is 16.5 Å². The van der Waals surface area contributed by atoms with Gasteiger partial charge in [0.1, 0.15) is 10.8 Å². The standard InChI is InChI=1S/C18H15ClN8O3S2/c1-9-23-25-17(32-9)22-15(29)8-31-18-26-24-13(6-11-7-14(28)21-16(30)20-11)27(18)12-4-2-10(19)3-5-12/h2-5,7H,6,8H2,1H3,(H,22,25,29)(H2,20,21,28,30). The molecule has 32 heavy (non-hydrogen) atoms. The van der Waals surface area contributed by atoms with E-state index in [1.165, 1.54) is 29.2 Å². The fourth-order valence-corrected chi connectivity index (χ4v) is 4.28. The zero-order valence-electron chi connectivity index (χ0n) is 16.5. The van der Waals surface area contributed by atoms with Crippen LogP contribution in [0.2, 0.25) is 5.02 Å². The van der Waals surface area contributed by atoms with Gasteiger partial charge in [-0.05, 0) is 31.2 Å². The van der Waals surface area contributed by atoms with E-state index in [4.69, 9.17) is 11.6 Å². The number of halogens is 1. The molecule has 0 aliphatic rings. The molecule has 0 atom stereocenters. The van der Waals surface area contributed by atoms with Gasteiger partial charge >= 0.3 is 5.69 Å². The summed E-state index contributed by atoms with van der Waals surface area (Å²) in [5, 5.41) is 21.0. The molecule has 1 amide bonds. The molecule has 164 valence electrons. The first-order valence-corrected chi connectivity index (χ1v) is 11.3. The largest absolute Gasteiger partial charge is 0.325 e. The number of hydrogen-bond donors (Lipinski definition) is 3. The van der Waals surface area contributed by atoms with E-state index in [1.807, 2.05) is 0 Å². The highest BCUT2D eigenvalue weighted by molar-refractivity contribution is 7.99. The Balaban J connectivity index is 1.60.